The van der Waals surface area contributed by atoms with Crippen molar-refractivity contribution >= 4 is 31.3 Å². The highest BCUT2D eigenvalue weighted by atomic mass is 35.7. The molecule has 0 unspecified atom stereocenters. The summed E-state index contributed by atoms with van der Waals surface area (Å²) in [7, 11) is 1.53. The molecule has 0 N–H and O–H groups in total. The van der Waals surface area contributed by atoms with Crippen LogP contribution in [-0.2, 0) is 9.05 Å². The molecule has 1 saturated carbocycles. The number of rotatable bonds is 2. The highest BCUT2D eigenvalue weighted by Gasteiger charge is 2.26. The van der Waals surface area contributed by atoms with Crippen LogP contribution in [-0.4, -0.2) is 8.42 Å². The molecule has 0 amide bonds. The third kappa shape index (κ3) is 2.05. The monoisotopic (exact) mass is 250 g/mol. The molecule has 1 aromatic carbocycles. The first-order valence-electron chi connectivity index (χ1n) is 4.22. The summed E-state index contributed by atoms with van der Waals surface area (Å²) in [5.74, 6) is 0.509. The number of hydrogen-bond acceptors (Lipinski definition) is 2. The largest absolute Gasteiger partial charge is 0.261 e. The first-order chi connectivity index (χ1) is 6.48. The molecule has 1 aliphatic rings. The second kappa shape index (κ2) is 3.40. The van der Waals surface area contributed by atoms with Crippen molar-refractivity contribution in [2.75, 3.05) is 0 Å². The predicted octanol–water partition coefficient (Wildman–Crippen LogP) is 3.14. The van der Waals surface area contributed by atoms with Gasteiger partial charge >= 0.3 is 0 Å². The van der Waals surface area contributed by atoms with Gasteiger partial charge in [0.25, 0.3) is 9.05 Å². The summed E-state index contributed by atoms with van der Waals surface area (Å²) in [4.78, 5) is 0.0635. The molecule has 0 spiro atoms. The zero-order valence-corrected chi connectivity index (χ0v) is 9.53. The maximum atomic E-state index is 11.0. The topological polar surface area (TPSA) is 34.1 Å². The van der Waals surface area contributed by atoms with Crippen LogP contribution in [0.4, 0.5) is 0 Å². The highest BCUT2D eigenvalue weighted by Crippen LogP contribution is 2.43. The van der Waals surface area contributed by atoms with Crippen LogP contribution < -0.4 is 0 Å². The fourth-order valence-electron chi connectivity index (χ4n) is 1.38. The summed E-state index contributed by atoms with van der Waals surface area (Å²) >= 11 is 5.95. The van der Waals surface area contributed by atoms with Gasteiger partial charge in [0.2, 0.25) is 0 Å². The van der Waals surface area contributed by atoms with Gasteiger partial charge in [0.1, 0.15) is 0 Å². The van der Waals surface area contributed by atoms with E-state index in [1.165, 1.54) is 12.1 Å². The van der Waals surface area contributed by atoms with Gasteiger partial charge in [-0.2, -0.15) is 0 Å². The normalized spacial score (nSPS) is 17.0. The van der Waals surface area contributed by atoms with Crippen molar-refractivity contribution in [3.05, 3.63) is 28.8 Å². The highest BCUT2D eigenvalue weighted by molar-refractivity contribution is 8.13. The molecule has 1 fully saturated rings. The maximum Gasteiger partial charge on any atom is 0.261 e. The Bertz CT molecular complexity index is 464. The summed E-state index contributed by atoms with van der Waals surface area (Å²) in [6, 6.07) is 4.66. The van der Waals surface area contributed by atoms with Gasteiger partial charge in [-0.05, 0) is 36.5 Å². The van der Waals surface area contributed by atoms with Gasteiger partial charge in [0.15, 0.2) is 0 Å². The number of hydrogen-bond donors (Lipinski definition) is 0. The van der Waals surface area contributed by atoms with E-state index in [9.17, 15) is 8.42 Å². The molecule has 0 bridgehead atoms. The van der Waals surface area contributed by atoms with Crippen LogP contribution in [0.3, 0.4) is 0 Å². The van der Waals surface area contributed by atoms with Crippen molar-refractivity contribution in [3.63, 3.8) is 0 Å². The summed E-state index contributed by atoms with van der Waals surface area (Å²) in [6.07, 6.45) is 2.26. The summed E-state index contributed by atoms with van der Waals surface area (Å²) in [5.41, 5.74) is 1.02. The Morgan fingerprint density at radius 2 is 1.93 bits per heavy atom. The van der Waals surface area contributed by atoms with Crippen molar-refractivity contribution in [2.45, 2.75) is 23.7 Å². The summed E-state index contributed by atoms with van der Waals surface area (Å²) in [5, 5.41) is 0.495. The van der Waals surface area contributed by atoms with E-state index in [2.05, 4.69) is 0 Å². The molecular formula is C9H8Cl2O2S. The fraction of sp³-hybridized carbons (Fsp3) is 0.333. The SMILES string of the molecule is O=S(=O)(Cl)c1ccc(C2CC2)c(Cl)c1. The average molecular weight is 251 g/mol. The Hall–Kier alpha value is -0.250. The van der Waals surface area contributed by atoms with Gasteiger partial charge in [-0.1, -0.05) is 17.7 Å². The van der Waals surface area contributed by atoms with E-state index in [1.807, 2.05) is 0 Å². The predicted molar refractivity (Wildman–Crippen MR) is 56.5 cm³/mol. The van der Waals surface area contributed by atoms with Gasteiger partial charge in [-0.15, -0.1) is 0 Å². The molecule has 1 aliphatic carbocycles. The van der Waals surface area contributed by atoms with Gasteiger partial charge in [-0.3, -0.25) is 0 Å². The Balaban J connectivity index is 2.45. The summed E-state index contributed by atoms with van der Waals surface area (Å²) < 4.78 is 22.0. The first-order valence-corrected chi connectivity index (χ1v) is 6.91. The Kier molecular flexibility index (Phi) is 2.50. The molecule has 0 saturated heterocycles. The van der Waals surface area contributed by atoms with Crippen LogP contribution in [0.25, 0.3) is 0 Å². The lowest BCUT2D eigenvalue weighted by atomic mass is 10.1. The molecule has 5 heteroatoms. The molecule has 1 aromatic rings. The molecule has 76 valence electrons. The second-order valence-electron chi connectivity index (χ2n) is 3.40. The first kappa shape index (κ1) is 10.3. The lowest BCUT2D eigenvalue weighted by molar-refractivity contribution is 0.609. The third-order valence-corrected chi connectivity index (χ3v) is 3.95. The van der Waals surface area contributed by atoms with Crippen LogP contribution in [0.5, 0.6) is 0 Å². The molecule has 14 heavy (non-hydrogen) atoms. The molecule has 0 aliphatic heterocycles. The minimum atomic E-state index is -3.66. The zero-order chi connectivity index (χ0) is 10.3. The second-order valence-corrected chi connectivity index (χ2v) is 6.37. The quantitative estimate of drug-likeness (QED) is 0.756. The zero-order valence-electron chi connectivity index (χ0n) is 7.20. The van der Waals surface area contributed by atoms with Crippen LogP contribution in [0.1, 0.15) is 24.3 Å². The number of benzene rings is 1. The molecular weight excluding hydrogens is 243 g/mol. The standard InChI is InChI=1S/C9H8Cl2O2S/c10-9-5-7(14(11,12)13)3-4-8(9)6-1-2-6/h3-6H,1-2H2. The van der Waals surface area contributed by atoms with Gasteiger partial charge in [0.05, 0.1) is 4.90 Å². The maximum absolute atomic E-state index is 11.0. The molecule has 2 rings (SSSR count). The van der Waals surface area contributed by atoms with Crippen LogP contribution in [0.2, 0.25) is 5.02 Å². The van der Waals surface area contributed by atoms with E-state index < -0.39 is 9.05 Å². The Morgan fingerprint density at radius 3 is 2.36 bits per heavy atom. The molecule has 0 radical (unpaired) electrons. The lowest BCUT2D eigenvalue weighted by Gasteiger charge is -2.03. The number of halogens is 2. The lowest BCUT2D eigenvalue weighted by Crippen LogP contribution is -1.92. The van der Waals surface area contributed by atoms with Gasteiger partial charge in [-0.25, -0.2) is 8.42 Å². The minimum Gasteiger partial charge on any atom is -0.207 e. The van der Waals surface area contributed by atoms with Crippen molar-refractivity contribution < 1.29 is 8.42 Å². The smallest absolute Gasteiger partial charge is 0.207 e. The van der Waals surface area contributed by atoms with Gasteiger partial charge < -0.3 is 0 Å². The summed E-state index contributed by atoms with van der Waals surface area (Å²) in [6.45, 7) is 0. The molecule has 0 atom stereocenters. The Morgan fingerprint density at radius 1 is 1.29 bits per heavy atom. The fourth-order valence-corrected chi connectivity index (χ4v) is 2.56. The van der Waals surface area contributed by atoms with Gasteiger partial charge in [0, 0.05) is 15.7 Å². The van der Waals surface area contributed by atoms with Crippen LogP contribution in [0.15, 0.2) is 23.1 Å². The van der Waals surface area contributed by atoms with Crippen LogP contribution >= 0.6 is 22.3 Å². The third-order valence-electron chi connectivity index (χ3n) is 2.27. The Labute approximate surface area is 92.3 Å². The van der Waals surface area contributed by atoms with Crippen molar-refractivity contribution in [1.82, 2.24) is 0 Å². The molecule has 2 nitrogen and oxygen atoms in total. The van der Waals surface area contributed by atoms with Crippen molar-refractivity contribution in [2.24, 2.45) is 0 Å². The molecule has 0 aromatic heterocycles. The van der Waals surface area contributed by atoms with E-state index in [0.29, 0.717) is 10.9 Å². The van der Waals surface area contributed by atoms with E-state index >= 15 is 0 Å². The van der Waals surface area contributed by atoms with E-state index in [0.717, 1.165) is 18.4 Å². The minimum absolute atomic E-state index is 0.0635. The van der Waals surface area contributed by atoms with E-state index in [-0.39, 0.29) is 4.90 Å². The van der Waals surface area contributed by atoms with Crippen molar-refractivity contribution in [1.29, 1.82) is 0 Å². The van der Waals surface area contributed by atoms with E-state index in [4.69, 9.17) is 22.3 Å². The van der Waals surface area contributed by atoms with E-state index in [1.54, 1.807) is 6.07 Å². The van der Waals surface area contributed by atoms with Crippen molar-refractivity contribution in [3.8, 4) is 0 Å². The van der Waals surface area contributed by atoms with Crippen LogP contribution in [0, 0.1) is 0 Å². The molecule has 0 heterocycles. The average Bonchev–Trinajstić information content (AvgIpc) is 2.85.